The highest BCUT2D eigenvalue weighted by molar-refractivity contribution is 7.16. The summed E-state index contributed by atoms with van der Waals surface area (Å²) >= 11 is 1.51. The summed E-state index contributed by atoms with van der Waals surface area (Å²) in [5.41, 5.74) is 2.69. The molecule has 2 heterocycles. The maximum atomic E-state index is 5.62. The lowest BCUT2D eigenvalue weighted by Crippen LogP contribution is -1.86. The second-order valence-electron chi connectivity index (χ2n) is 3.24. The van der Waals surface area contributed by atoms with E-state index >= 15 is 0 Å². The van der Waals surface area contributed by atoms with Crippen LogP contribution in [0, 0.1) is 0 Å². The first-order valence-electron chi connectivity index (χ1n) is 4.85. The van der Waals surface area contributed by atoms with Crippen LogP contribution in [0.1, 0.15) is 0 Å². The molecule has 0 aliphatic heterocycles. The largest absolute Gasteiger partial charge is 0.439 e. The number of nitrogens with zero attached hydrogens (tertiary/aromatic N) is 2. The van der Waals surface area contributed by atoms with Gasteiger partial charge in [0.2, 0.25) is 5.88 Å². The van der Waals surface area contributed by atoms with Crippen molar-refractivity contribution in [3.63, 3.8) is 0 Å². The van der Waals surface area contributed by atoms with E-state index in [1.54, 1.807) is 5.51 Å². The third kappa shape index (κ3) is 1.75. The molecule has 3 aromatic rings. The van der Waals surface area contributed by atoms with Gasteiger partial charge in [0.05, 0.1) is 5.51 Å². The van der Waals surface area contributed by atoms with Crippen LogP contribution in [0.2, 0.25) is 0 Å². The van der Waals surface area contributed by atoms with Crippen LogP contribution in [-0.4, -0.2) is 9.97 Å². The van der Waals surface area contributed by atoms with Crippen molar-refractivity contribution in [3.8, 4) is 11.6 Å². The van der Waals surface area contributed by atoms with Gasteiger partial charge in [0.15, 0.2) is 0 Å². The Morgan fingerprint density at radius 2 is 1.88 bits per heavy atom. The molecule has 0 bridgehead atoms. The molecule has 2 aromatic heterocycles. The lowest BCUT2D eigenvalue weighted by molar-refractivity contribution is 0.465. The Morgan fingerprint density at radius 1 is 1.00 bits per heavy atom. The number of ether oxygens (including phenoxy) is 1. The van der Waals surface area contributed by atoms with Gasteiger partial charge in [0, 0.05) is 6.07 Å². The zero-order chi connectivity index (χ0) is 10.8. The van der Waals surface area contributed by atoms with Crippen molar-refractivity contribution in [1.29, 1.82) is 0 Å². The summed E-state index contributed by atoms with van der Waals surface area (Å²) in [6.07, 6.45) is 0. The monoisotopic (exact) mass is 228 g/mol. The van der Waals surface area contributed by atoms with Crippen molar-refractivity contribution in [2.24, 2.45) is 0 Å². The molecule has 0 saturated carbocycles. The van der Waals surface area contributed by atoms with Crippen molar-refractivity contribution in [2.75, 3.05) is 0 Å². The molecule has 0 saturated heterocycles. The van der Waals surface area contributed by atoms with E-state index < -0.39 is 0 Å². The molecule has 0 unspecified atom stereocenters. The van der Waals surface area contributed by atoms with Gasteiger partial charge in [-0.25, -0.2) is 9.97 Å². The molecule has 0 atom stereocenters. The van der Waals surface area contributed by atoms with Crippen LogP contribution < -0.4 is 4.74 Å². The van der Waals surface area contributed by atoms with E-state index in [4.69, 9.17) is 4.74 Å². The molecule has 0 aliphatic rings. The zero-order valence-electron chi connectivity index (χ0n) is 8.33. The van der Waals surface area contributed by atoms with E-state index in [1.165, 1.54) is 11.3 Å². The molecule has 16 heavy (non-hydrogen) atoms. The summed E-state index contributed by atoms with van der Waals surface area (Å²) in [5, 5.41) is 0. The van der Waals surface area contributed by atoms with Crippen LogP contribution >= 0.6 is 11.3 Å². The molecule has 3 rings (SSSR count). The van der Waals surface area contributed by atoms with Crippen LogP contribution in [0.25, 0.3) is 10.3 Å². The van der Waals surface area contributed by atoms with Gasteiger partial charge < -0.3 is 4.74 Å². The minimum atomic E-state index is 0.600. The van der Waals surface area contributed by atoms with Crippen molar-refractivity contribution in [3.05, 3.63) is 48.0 Å². The van der Waals surface area contributed by atoms with E-state index in [0.29, 0.717) is 5.88 Å². The molecular weight excluding hydrogens is 220 g/mol. The maximum absolute atomic E-state index is 5.62. The number of benzene rings is 1. The highest BCUT2D eigenvalue weighted by atomic mass is 32.1. The average molecular weight is 228 g/mol. The Kier molecular flexibility index (Phi) is 2.27. The van der Waals surface area contributed by atoms with Gasteiger partial charge in [-0.1, -0.05) is 18.2 Å². The molecule has 78 valence electrons. The van der Waals surface area contributed by atoms with E-state index in [1.807, 2.05) is 42.5 Å². The quantitative estimate of drug-likeness (QED) is 0.673. The normalized spacial score (nSPS) is 10.5. The van der Waals surface area contributed by atoms with Crippen LogP contribution in [0.15, 0.2) is 48.0 Å². The van der Waals surface area contributed by atoms with Crippen molar-refractivity contribution in [1.82, 2.24) is 9.97 Å². The molecule has 1 aromatic carbocycles. The Balaban J connectivity index is 1.94. The average Bonchev–Trinajstić information content (AvgIpc) is 2.77. The van der Waals surface area contributed by atoms with Gasteiger partial charge in [-0.15, -0.1) is 11.3 Å². The standard InChI is InChI=1S/C12H8N2OS/c1-2-4-9(5-3-1)15-11-7-6-10-12(14-11)16-8-13-10/h1-8H. The molecule has 0 N–H and O–H groups in total. The number of fused-ring (bicyclic) bond motifs is 1. The van der Waals surface area contributed by atoms with Crippen LogP contribution in [-0.2, 0) is 0 Å². The number of thiazole rings is 1. The van der Waals surface area contributed by atoms with E-state index in [2.05, 4.69) is 9.97 Å². The molecule has 3 nitrogen and oxygen atoms in total. The van der Waals surface area contributed by atoms with E-state index in [9.17, 15) is 0 Å². The van der Waals surface area contributed by atoms with Crippen molar-refractivity contribution < 1.29 is 4.74 Å². The lowest BCUT2D eigenvalue weighted by atomic mass is 10.3. The van der Waals surface area contributed by atoms with Gasteiger partial charge >= 0.3 is 0 Å². The number of pyridine rings is 1. The number of rotatable bonds is 2. The minimum absolute atomic E-state index is 0.600. The highest BCUT2D eigenvalue weighted by Gasteiger charge is 2.02. The van der Waals surface area contributed by atoms with Gasteiger partial charge in [-0.3, -0.25) is 0 Å². The highest BCUT2D eigenvalue weighted by Crippen LogP contribution is 2.23. The molecule has 0 radical (unpaired) electrons. The van der Waals surface area contributed by atoms with E-state index in [0.717, 1.165) is 16.1 Å². The lowest BCUT2D eigenvalue weighted by Gasteiger charge is -2.03. The SMILES string of the molecule is c1ccc(Oc2ccc3ncsc3n2)cc1. The molecule has 0 fully saturated rings. The first kappa shape index (κ1) is 9.30. The van der Waals surface area contributed by atoms with Crippen molar-refractivity contribution >= 4 is 21.7 Å². The Hall–Kier alpha value is -1.94. The summed E-state index contributed by atoms with van der Waals surface area (Å²) in [6, 6.07) is 13.4. The summed E-state index contributed by atoms with van der Waals surface area (Å²) < 4.78 is 5.62. The summed E-state index contributed by atoms with van der Waals surface area (Å²) in [5.74, 6) is 1.39. The van der Waals surface area contributed by atoms with Gasteiger partial charge in [0.1, 0.15) is 16.1 Å². The predicted octanol–water partition coefficient (Wildman–Crippen LogP) is 3.48. The Bertz CT molecular complexity index is 606. The van der Waals surface area contributed by atoms with Gasteiger partial charge in [0.25, 0.3) is 0 Å². The van der Waals surface area contributed by atoms with Crippen LogP contribution in [0.3, 0.4) is 0 Å². The van der Waals surface area contributed by atoms with E-state index in [-0.39, 0.29) is 0 Å². The number of hydrogen-bond donors (Lipinski definition) is 0. The molecular formula is C12H8N2OS. The molecule has 0 amide bonds. The fourth-order valence-corrected chi connectivity index (χ4v) is 2.05. The third-order valence-corrected chi connectivity index (χ3v) is 2.87. The Labute approximate surface area is 96.4 Å². The predicted molar refractivity (Wildman–Crippen MR) is 63.9 cm³/mol. The molecule has 0 aliphatic carbocycles. The second kappa shape index (κ2) is 3.90. The summed E-state index contributed by atoms with van der Waals surface area (Å²) in [4.78, 5) is 9.43. The minimum Gasteiger partial charge on any atom is -0.439 e. The third-order valence-electron chi connectivity index (χ3n) is 2.14. The summed E-state index contributed by atoms with van der Waals surface area (Å²) in [7, 11) is 0. The summed E-state index contributed by atoms with van der Waals surface area (Å²) in [6.45, 7) is 0. The first-order valence-corrected chi connectivity index (χ1v) is 5.73. The second-order valence-corrected chi connectivity index (χ2v) is 4.07. The van der Waals surface area contributed by atoms with Gasteiger partial charge in [-0.2, -0.15) is 0 Å². The first-order chi connectivity index (χ1) is 7.92. The number of hydrogen-bond acceptors (Lipinski definition) is 4. The van der Waals surface area contributed by atoms with Crippen LogP contribution in [0.5, 0.6) is 11.6 Å². The molecule has 0 spiro atoms. The zero-order valence-corrected chi connectivity index (χ0v) is 9.15. The number of para-hydroxylation sites is 1. The van der Waals surface area contributed by atoms with Gasteiger partial charge in [-0.05, 0) is 18.2 Å². The fourth-order valence-electron chi connectivity index (χ4n) is 1.40. The van der Waals surface area contributed by atoms with Crippen LogP contribution in [0.4, 0.5) is 0 Å². The number of aromatic nitrogens is 2. The topological polar surface area (TPSA) is 35.0 Å². The smallest absolute Gasteiger partial charge is 0.220 e. The van der Waals surface area contributed by atoms with Crippen molar-refractivity contribution in [2.45, 2.75) is 0 Å². The Morgan fingerprint density at radius 3 is 2.75 bits per heavy atom. The molecule has 4 heteroatoms. The maximum Gasteiger partial charge on any atom is 0.220 e. The fraction of sp³-hybridized carbons (Fsp3) is 0.